The van der Waals surface area contributed by atoms with Crippen LogP contribution in [0.4, 0.5) is 0 Å². The molecule has 3 heteroatoms. The maximum absolute atomic E-state index is 4.51. The lowest BCUT2D eigenvalue weighted by Gasteiger charge is -2.07. The van der Waals surface area contributed by atoms with E-state index in [4.69, 9.17) is 0 Å². The Balaban J connectivity index is 2.74. The normalized spacial score (nSPS) is 11.4. The molecule has 0 bridgehead atoms. The molecule has 3 nitrogen and oxygen atoms in total. The molecule has 0 spiro atoms. The van der Waals surface area contributed by atoms with E-state index in [0.29, 0.717) is 5.92 Å². The zero-order valence-electron chi connectivity index (χ0n) is 8.86. The van der Waals surface area contributed by atoms with Crippen LogP contribution in [0.2, 0.25) is 0 Å². The standard InChI is InChI=1S/C11H15N3/c1-4-14-11(8(2)3)9-5-6-12-7-10(9)13-14/h5-8H,4H2,1-3H3. The third kappa shape index (κ3) is 1.29. The summed E-state index contributed by atoms with van der Waals surface area (Å²) >= 11 is 0. The minimum atomic E-state index is 0.502. The largest absolute Gasteiger partial charge is 0.268 e. The molecule has 0 aliphatic heterocycles. The first-order valence-electron chi connectivity index (χ1n) is 5.04. The highest BCUT2D eigenvalue weighted by molar-refractivity contribution is 5.80. The molecule has 2 aromatic rings. The first kappa shape index (κ1) is 9.19. The summed E-state index contributed by atoms with van der Waals surface area (Å²) in [5.74, 6) is 0.502. The highest BCUT2D eigenvalue weighted by Gasteiger charge is 2.12. The molecule has 0 aliphatic rings. The summed E-state index contributed by atoms with van der Waals surface area (Å²) in [5, 5.41) is 5.74. The molecule has 0 aliphatic carbocycles. The average Bonchev–Trinajstić information content (AvgIpc) is 2.55. The fourth-order valence-electron chi connectivity index (χ4n) is 1.86. The molecule has 0 amide bonds. The minimum absolute atomic E-state index is 0.502. The molecule has 2 heterocycles. The van der Waals surface area contributed by atoms with Gasteiger partial charge in [-0.2, -0.15) is 5.10 Å². The van der Waals surface area contributed by atoms with Crippen LogP contribution in [0.5, 0.6) is 0 Å². The van der Waals surface area contributed by atoms with E-state index in [1.165, 1.54) is 11.1 Å². The van der Waals surface area contributed by atoms with Gasteiger partial charge in [-0.3, -0.25) is 9.67 Å². The molecule has 0 N–H and O–H groups in total. The fourth-order valence-corrected chi connectivity index (χ4v) is 1.86. The van der Waals surface area contributed by atoms with Crippen molar-refractivity contribution in [3.05, 3.63) is 24.2 Å². The summed E-state index contributed by atoms with van der Waals surface area (Å²) in [5.41, 5.74) is 2.31. The van der Waals surface area contributed by atoms with Gasteiger partial charge in [-0.25, -0.2) is 0 Å². The Kier molecular flexibility index (Phi) is 2.23. The third-order valence-electron chi connectivity index (χ3n) is 2.43. The Labute approximate surface area is 83.8 Å². The van der Waals surface area contributed by atoms with E-state index >= 15 is 0 Å². The van der Waals surface area contributed by atoms with Gasteiger partial charge in [0.25, 0.3) is 0 Å². The molecule has 14 heavy (non-hydrogen) atoms. The Morgan fingerprint density at radius 2 is 2.21 bits per heavy atom. The van der Waals surface area contributed by atoms with Crippen LogP contribution in [0.25, 0.3) is 10.9 Å². The lowest BCUT2D eigenvalue weighted by Crippen LogP contribution is -2.03. The summed E-state index contributed by atoms with van der Waals surface area (Å²) in [6.07, 6.45) is 3.66. The molecule has 0 saturated carbocycles. The monoisotopic (exact) mass is 189 g/mol. The van der Waals surface area contributed by atoms with Crippen LogP contribution in [-0.2, 0) is 6.54 Å². The summed E-state index contributed by atoms with van der Waals surface area (Å²) in [6, 6.07) is 2.05. The van der Waals surface area contributed by atoms with Gasteiger partial charge >= 0.3 is 0 Å². The van der Waals surface area contributed by atoms with Gasteiger partial charge in [0.1, 0.15) is 5.52 Å². The SMILES string of the molecule is CCn1nc2cnccc2c1C(C)C. The predicted molar refractivity (Wildman–Crippen MR) is 57.3 cm³/mol. The summed E-state index contributed by atoms with van der Waals surface area (Å²) in [6.45, 7) is 7.43. The number of aromatic nitrogens is 3. The second-order valence-electron chi connectivity index (χ2n) is 3.75. The van der Waals surface area contributed by atoms with Gasteiger partial charge in [0.15, 0.2) is 0 Å². The van der Waals surface area contributed by atoms with Crippen molar-refractivity contribution in [2.75, 3.05) is 0 Å². The van der Waals surface area contributed by atoms with Gasteiger partial charge < -0.3 is 0 Å². The van der Waals surface area contributed by atoms with Crippen LogP contribution in [0.1, 0.15) is 32.4 Å². The van der Waals surface area contributed by atoms with E-state index in [2.05, 4.69) is 35.5 Å². The molecular weight excluding hydrogens is 174 g/mol. The van der Waals surface area contributed by atoms with Gasteiger partial charge in [-0.15, -0.1) is 0 Å². The van der Waals surface area contributed by atoms with Gasteiger partial charge in [-0.05, 0) is 18.9 Å². The number of hydrogen-bond donors (Lipinski definition) is 0. The molecule has 0 unspecified atom stereocenters. The number of nitrogens with zero attached hydrogens (tertiary/aromatic N) is 3. The van der Waals surface area contributed by atoms with E-state index in [9.17, 15) is 0 Å². The van der Waals surface area contributed by atoms with Crippen molar-refractivity contribution in [3.8, 4) is 0 Å². The Hall–Kier alpha value is -1.38. The molecule has 0 aromatic carbocycles. The Morgan fingerprint density at radius 1 is 1.43 bits per heavy atom. The zero-order valence-corrected chi connectivity index (χ0v) is 8.86. The van der Waals surface area contributed by atoms with Gasteiger partial charge in [0.2, 0.25) is 0 Å². The molecule has 0 radical (unpaired) electrons. The van der Waals surface area contributed by atoms with Crippen LogP contribution in [0, 0.1) is 0 Å². The minimum Gasteiger partial charge on any atom is -0.268 e. The van der Waals surface area contributed by atoms with Crippen molar-refractivity contribution in [2.45, 2.75) is 33.2 Å². The topological polar surface area (TPSA) is 30.7 Å². The lowest BCUT2D eigenvalue weighted by atomic mass is 10.1. The molecule has 0 fully saturated rings. The number of pyridine rings is 1. The second kappa shape index (κ2) is 3.40. The number of hydrogen-bond acceptors (Lipinski definition) is 2. The van der Waals surface area contributed by atoms with E-state index in [-0.39, 0.29) is 0 Å². The second-order valence-corrected chi connectivity index (χ2v) is 3.75. The van der Waals surface area contributed by atoms with Crippen molar-refractivity contribution in [1.29, 1.82) is 0 Å². The van der Waals surface area contributed by atoms with Crippen molar-refractivity contribution in [1.82, 2.24) is 14.8 Å². The van der Waals surface area contributed by atoms with Crippen molar-refractivity contribution >= 4 is 10.9 Å². The summed E-state index contributed by atoms with van der Waals surface area (Å²) in [7, 11) is 0. The van der Waals surface area contributed by atoms with E-state index < -0.39 is 0 Å². The average molecular weight is 189 g/mol. The van der Waals surface area contributed by atoms with E-state index in [0.717, 1.165) is 12.1 Å². The first-order valence-corrected chi connectivity index (χ1v) is 5.04. The summed E-state index contributed by atoms with van der Waals surface area (Å²) in [4.78, 5) is 4.09. The van der Waals surface area contributed by atoms with Crippen molar-refractivity contribution < 1.29 is 0 Å². The van der Waals surface area contributed by atoms with Crippen LogP contribution >= 0.6 is 0 Å². The number of rotatable bonds is 2. The van der Waals surface area contributed by atoms with Crippen LogP contribution in [0.3, 0.4) is 0 Å². The highest BCUT2D eigenvalue weighted by Crippen LogP contribution is 2.24. The molecule has 2 rings (SSSR count). The van der Waals surface area contributed by atoms with Crippen LogP contribution in [0.15, 0.2) is 18.5 Å². The Morgan fingerprint density at radius 3 is 2.86 bits per heavy atom. The Bertz CT molecular complexity index is 443. The van der Waals surface area contributed by atoms with Gasteiger partial charge in [0, 0.05) is 23.8 Å². The quantitative estimate of drug-likeness (QED) is 0.727. The summed E-state index contributed by atoms with van der Waals surface area (Å²) < 4.78 is 2.07. The van der Waals surface area contributed by atoms with Crippen LogP contribution < -0.4 is 0 Å². The van der Waals surface area contributed by atoms with Crippen molar-refractivity contribution in [3.63, 3.8) is 0 Å². The molecule has 0 atom stereocenters. The fraction of sp³-hybridized carbons (Fsp3) is 0.455. The number of fused-ring (bicyclic) bond motifs is 1. The van der Waals surface area contributed by atoms with E-state index in [1.54, 1.807) is 0 Å². The highest BCUT2D eigenvalue weighted by atomic mass is 15.3. The molecule has 0 saturated heterocycles. The maximum atomic E-state index is 4.51. The van der Waals surface area contributed by atoms with E-state index in [1.807, 2.05) is 18.5 Å². The van der Waals surface area contributed by atoms with Gasteiger partial charge in [-0.1, -0.05) is 13.8 Å². The van der Waals surface area contributed by atoms with Gasteiger partial charge in [0.05, 0.1) is 6.20 Å². The maximum Gasteiger partial charge on any atom is 0.111 e. The zero-order chi connectivity index (χ0) is 10.1. The molecule has 74 valence electrons. The first-order chi connectivity index (χ1) is 6.74. The smallest absolute Gasteiger partial charge is 0.111 e. The lowest BCUT2D eigenvalue weighted by molar-refractivity contribution is 0.605. The molecular formula is C11H15N3. The third-order valence-corrected chi connectivity index (χ3v) is 2.43. The molecule has 2 aromatic heterocycles. The van der Waals surface area contributed by atoms with Crippen LogP contribution in [-0.4, -0.2) is 14.8 Å². The van der Waals surface area contributed by atoms with Crippen molar-refractivity contribution in [2.24, 2.45) is 0 Å². The number of aryl methyl sites for hydroxylation is 1. The predicted octanol–water partition coefficient (Wildman–Crippen LogP) is 2.57.